The van der Waals surface area contributed by atoms with Crippen molar-refractivity contribution in [2.75, 3.05) is 0 Å². The van der Waals surface area contributed by atoms with Gasteiger partial charge in [-0.2, -0.15) is 0 Å². The second kappa shape index (κ2) is 4.30. The molecule has 3 unspecified atom stereocenters. The lowest BCUT2D eigenvalue weighted by Crippen LogP contribution is -2.64. The topological polar surface area (TPSA) is 18.5 Å². The predicted molar refractivity (Wildman–Crippen MR) is 84.7 cm³/mol. The van der Waals surface area contributed by atoms with Gasteiger partial charge >= 0.3 is 0 Å². The van der Waals surface area contributed by atoms with Gasteiger partial charge in [0.2, 0.25) is 0 Å². The van der Waals surface area contributed by atoms with Gasteiger partial charge in [-0.3, -0.25) is 0 Å². The summed E-state index contributed by atoms with van der Waals surface area (Å²) in [5, 5.41) is 0. The van der Waals surface area contributed by atoms with Crippen molar-refractivity contribution in [2.45, 2.75) is 60.4 Å². The van der Waals surface area contributed by atoms with Crippen LogP contribution in [0, 0.1) is 0 Å². The molecule has 1 aromatic rings. The van der Waals surface area contributed by atoms with Crippen LogP contribution < -0.4 is 4.74 Å². The van der Waals surface area contributed by atoms with Gasteiger partial charge in [0.1, 0.15) is 16.8 Å². The molecular weight excluding hydrogens is 280 g/mol. The average Bonchev–Trinajstić information content (AvgIpc) is 3.11. The van der Waals surface area contributed by atoms with Crippen molar-refractivity contribution in [3.8, 4) is 5.75 Å². The minimum Gasteiger partial charge on any atom is -0.485 e. The molecule has 2 nitrogen and oxygen atoms in total. The molecule has 2 fully saturated rings. The molecule has 110 valence electrons. The molecule has 2 bridgehead atoms. The monoisotopic (exact) mass is 300 g/mol. The molecule has 3 atom stereocenters. The number of ether oxygens (including phenoxy) is 2. The lowest BCUT2D eigenvalue weighted by atomic mass is 9.68. The third-order valence-electron chi connectivity index (χ3n) is 5.67. The van der Waals surface area contributed by atoms with Crippen LogP contribution in [-0.2, 0) is 11.2 Å². The molecule has 21 heavy (non-hydrogen) atoms. The van der Waals surface area contributed by atoms with E-state index in [1.807, 2.05) is 11.8 Å². The van der Waals surface area contributed by atoms with E-state index in [4.69, 9.17) is 9.47 Å². The van der Waals surface area contributed by atoms with E-state index in [9.17, 15) is 0 Å². The van der Waals surface area contributed by atoms with Crippen LogP contribution in [0.25, 0.3) is 0 Å². The van der Waals surface area contributed by atoms with Gasteiger partial charge in [-0.25, -0.2) is 0 Å². The summed E-state index contributed by atoms with van der Waals surface area (Å²) in [6.45, 7) is 0. The van der Waals surface area contributed by atoms with E-state index in [-0.39, 0.29) is 21.9 Å². The number of hydrogen-bond donors (Lipinski definition) is 0. The van der Waals surface area contributed by atoms with Gasteiger partial charge in [0.05, 0.1) is 10.9 Å². The van der Waals surface area contributed by atoms with Gasteiger partial charge in [0.15, 0.2) is 0 Å². The molecule has 0 aromatic heterocycles. The summed E-state index contributed by atoms with van der Waals surface area (Å²) in [5.74, 6) is 1.11. The highest BCUT2D eigenvalue weighted by Crippen LogP contribution is 2.61. The van der Waals surface area contributed by atoms with Crippen LogP contribution in [0.15, 0.2) is 36.4 Å². The summed E-state index contributed by atoms with van der Waals surface area (Å²) in [6, 6.07) is 8.59. The lowest BCUT2D eigenvalue weighted by Gasteiger charge is -2.54. The number of benzene rings is 1. The SMILES string of the molecule is C1=CC2OC1SC21Cc2ccccc2OC12CCCCC2. The van der Waals surface area contributed by atoms with Crippen molar-refractivity contribution >= 4 is 11.8 Å². The zero-order valence-corrected chi connectivity index (χ0v) is 12.9. The second-order valence-corrected chi connectivity index (χ2v) is 8.19. The second-order valence-electron chi connectivity index (χ2n) is 6.76. The zero-order valence-electron chi connectivity index (χ0n) is 12.1. The summed E-state index contributed by atoms with van der Waals surface area (Å²) in [7, 11) is 0. The maximum Gasteiger partial charge on any atom is 0.127 e. The predicted octanol–water partition coefficient (Wildman–Crippen LogP) is 4.09. The van der Waals surface area contributed by atoms with E-state index in [1.54, 1.807) is 0 Å². The largest absolute Gasteiger partial charge is 0.485 e. The molecule has 4 aliphatic rings. The summed E-state index contributed by atoms with van der Waals surface area (Å²) in [4.78, 5) is 0. The van der Waals surface area contributed by atoms with Crippen LogP contribution in [0.3, 0.4) is 0 Å². The Bertz CT molecular complexity index is 605. The first-order valence-corrected chi connectivity index (χ1v) is 8.98. The zero-order chi connectivity index (χ0) is 13.9. The minimum absolute atomic E-state index is 0.0333. The summed E-state index contributed by atoms with van der Waals surface area (Å²) in [5.41, 5.74) is 1.56. The minimum atomic E-state index is -0.0333. The number of para-hydroxylation sites is 1. The fraction of sp³-hybridized carbons (Fsp3) is 0.556. The van der Waals surface area contributed by atoms with E-state index in [2.05, 4.69) is 36.4 Å². The number of thioether (sulfide) groups is 1. The molecule has 0 radical (unpaired) electrons. The quantitative estimate of drug-likeness (QED) is 0.672. The average molecular weight is 300 g/mol. The van der Waals surface area contributed by atoms with Gasteiger partial charge in [-0.1, -0.05) is 30.7 Å². The third kappa shape index (κ3) is 1.59. The highest BCUT2D eigenvalue weighted by atomic mass is 32.2. The van der Waals surface area contributed by atoms with Crippen molar-refractivity contribution in [3.63, 3.8) is 0 Å². The van der Waals surface area contributed by atoms with E-state index in [0.29, 0.717) is 0 Å². The van der Waals surface area contributed by atoms with Crippen molar-refractivity contribution in [2.24, 2.45) is 0 Å². The van der Waals surface area contributed by atoms with Gasteiger partial charge < -0.3 is 9.47 Å². The van der Waals surface area contributed by atoms with E-state index in [1.165, 1.54) is 37.7 Å². The first-order chi connectivity index (χ1) is 10.3. The summed E-state index contributed by atoms with van der Waals surface area (Å²) < 4.78 is 13.0. The Kier molecular flexibility index (Phi) is 2.58. The maximum absolute atomic E-state index is 6.72. The smallest absolute Gasteiger partial charge is 0.127 e. The van der Waals surface area contributed by atoms with Crippen molar-refractivity contribution in [1.29, 1.82) is 0 Å². The highest BCUT2D eigenvalue weighted by Gasteiger charge is 2.65. The molecule has 1 aliphatic carbocycles. The lowest BCUT2D eigenvalue weighted by molar-refractivity contribution is -0.0544. The van der Waals surface area contributed by atoms with Gasteiger partial charge in [0, 0.05) is 0 Å². The number of rotatable bonds is 0. The van der Waals surface area contributed by atoms with E-state index >= 15 is 0 Å². The Hall–Kier alpha value is -0.930. The van der Waals surface area contributed by atoms with Crippen LogP contribution in [0.4, 0.5) is 0 Å². The Labute approximate surface area is 129 Å². The van der Waals surface area contributed by atoms with Gasteiger partial charge in [-0.05, 0) is 49.8 Å². The Balaban J connectivity index is 1.66. The molecule has 1 aromatic carbocycles. The first kappa shape index (κ1) is 12.6. The van der Waals surface area contributed by atoms with Crippen LogP contribution in [0.2, 0.25) is 0 Å². The van der Waals surface area contributed by atoms with Gasteiger partial charge in [-0.15, -0.1) is 11.8 Å². The fourth-order valence-corrected chi connectivity index (χ4v) is 6.41. The van der Waals surface area contributed by atoms with Crippen LogP contribution in [-0.4, -0.2) is 21.9 Å². The molecule has 1 saturated carbocycles. The molecule has 0 amide bonds. The van der Waals surface area contributed by atoms with E-state index in [0.717, 1.165) is 12.2 Å². The first-order valence-electron chi connectivity index (χ1n) is 8.10. The summed E-state index contributed by atoms with van der Waals surface area (Å²) >= 11 is 2.02. The normalized spacial score (nSPS) is 38.7. The van der Waals surface area contributed by atoms with E-state index < -0.39 is 0 Å². The maximum atomic E-state index is 6.72. The Morgan fingerprint density at radius 2 is 1.90 bits per heavy atom. The standard InChI is InChI=1S/C18H20O2S/c1-4-10-17(11-5-1)18(15-8-9-16(19-15)21-18)12-13-6-2-3-7-14(13)20-17/h2-3,6-9,15-16H,1,4-5,10-12H2. The molecule has 3 heterocycles. The van der Waals surface area contributed by atoms with Crippen LogP contribution >= 0.6 is 11.8 Å². The number of fused-ring (bicyclic) bond motifs is 5. The molecular formula is C18H20O2S. The number of hydrogen-bond acceptors (Lipinski definition) is 3. The Morgan fingerprint density at radius 1 is 1.05 bits per heavy atom. The highest BCUT2D eigenvalue weighted by molar-refractivity contribution is 8.01. The van der Waals surface area contributed by atoms with Crippen molar-refractivity contribution in [1.82, 2.24) is 0 Å². The molecule has 0 N–H and O–H groups in total. The van der Waals surface area contributed by atoms with Crippen LogP contribution in [0.5, 0.6) is 5.75 Å². The van der Waals surface area contributed by atoms with Gasteiger partial charge in [0.25, 0.3) is 0 Å². The summed E-state index contributed by atoms with van der Waals surface area (Å²) in [6.07, 6.45) is 12.1. The third-order valence-corrected chi connectivity index (χ3v) is 7.34. The van der Waals surface area contributed by atoms with Crippen LogP contribution in [0.1, 0.15) is 37.7 Å². The molecule has 1 saturated heterocycles. The van der Waals surface area contributed by atoms with Crippen molar-refractivity contribution in [3.05, 3.63) is 42.0 Å². The molecule has 3 aliphatic heterocycles. The Morgan fingerprint density at radius 3 is 2.67 bits per heavy atom. The molecule has 3 heteroatoms. The molecule has 5 rings (SSSR count). The fourth-order valence-electron chi connectivity index (χ4n) is 4.68. The van der Waals surface area contributed by atoms with Crippen molar-refractivity contribution < 1.29 is 9.47 Å². The molecule has 2 spiro atoms.